The quantitative estimate of drug-likeness (QED) is 0.672. The molecule has 1 saturated carbocycles. The SMILES string of the molecule is COc1ccc2[nH]c(=O)c([C@@H](c3nnnn3C3CCCCC3)N3CCOCC3)cc2c1. The van der Waals surface area contributed by atoms with E-state index in [1.165, 1.54) is 19.3 Å². The van der Waals surface area contributed by atoms with Crippen LogP contribution in [0.2, 0.25) is 0 Å². The fourth-order valence-corrected chi connectivity index (χ4v) is 4.83. The molecule has 9 heteroatoms. The zero-order chi connectivity index (χ0) is 21.2. The summed E-state index contributed by atoms with van der Waals surface area (Å²) >= 11 is 0. The van der Waals surface area contributed by atoms with Gasteiger partial charge in [0.2, 0.25) is 0 Å². The van der Waals surface area contributed by atoms with Crippen LogP contribution >= 0.6 is 0 Å². The number of tetrazole rings is 1. The van der Waals surface area contributed by atoms with Gasteiger partial charge in [-0.2, -0.15) is 0 Å². The minimum atomic E-state index is -0.333. The van der Waals surface area contributed by atoms with Crippen molar-refractivity contribution in [3.63, 3.8) is 0 Å². The molecule has 1 saturated heterocycles. The van der Waals surface area contributed by atoms with Crippen LogP contribution in [0.1, 0.15) is 55.6 Å². The molecule has 0 radical (unpaired) electrons. The first-order chi connectivity index (χ1) is 15.2. The molecule has 1 aliphatic carbocycles. The highest BCUT2D eigenvalue weighted by atomic mass is 16.5. The number of H-pyrrole nitrogens is 1. The number of aromatic nitrogens is 5. The van der Waals surface area contributed by atoms with Crippen LogP contribution in [-0.2, 0) is 4.74 Å². The second-order valence-electron chi connectivity index (χ2n) is 8.33. The van der Waals surface area contributed by atoms with E-state index >= 15 is 0 Å². The molecule has 5 rings (SSSR count). The topological polar surface area (TPSA) is 98.2 Å². The van der Waals surface area contributed by atoms with Crippen molar-refractivity contribution < 1.29 is 9.47 Å². The van der Waals surface area contributed by atoms with Crippen LogP contribution < -0.4 is 10.3 Å². The summed E-state index contributed by atoms with van der Waals surface area (Å²) < 4.78 is 12.9. The Balaban J connectivity index is 1.63. The van der Waals surface area contributed by atoms with E-state index in [2.05, 4.69) is 25.4 Å². The number of fused-ring (bicyclic) bond motifs is 1. The highest BCUT2D eigenvalue weighted by Crippen LogP contribution is 2.33. The molecule has 2 aliphatic rings. The van der Waals surface area contributed by atoms with Gasteiger partial charge in [0.15, 0.2) is 5.82 Å². The molecule has 1 atom stereocenters. The summed E-state index contributed by atoms with van der Waals surface area (Å²) in [7, 11) is 1.64. The molecule has 1 N–H and O–H groups in total. The third-order valence-corrected chi connectivity index (χ3v) is 6.47. The Morgan fingerprint density at radius 3 is 2.74 bits per heavy atom. The highest BCUT2D eigenvalue weighted by molar-refractivity contribution is 5.80. The van der Waals surface area contributed by atoms with Crippen molar-refractivity contribution >= 4 is 10.9 Å². The molecule has 0 amide bonds. The van der Waals surface area contributed by atoms with Gasteiger partial charge < -0.3 is 14.5 Å². The fraction of sp³-hybridized carbons (Fsp3) is 0.545. The van der Waals surface area contributed by atoms with Crippen molar-refractivity contribution in [3.8, 4) is 5.75 Å². The van der Waals surface area contributed by atoms with Crippen molar-refractivity contribution in [1.82, 2.24) is 30.1 Å². The van der Waals surface area contributed by atoms with E-state index in [9.17, 15) is 4.79 Å². The number of nitrogens with one attached hydrogen (secondary N) is 1. The largest absolute Gasteiger partial charge is 0.497 e. The minimum Gasteiger partial charge on any atom is -0.497 e. The van der Waals surface area contributed by atoms with Crippen molar-refractivity contribution in [3.05, 3.63) is 46.0 Å². The van der Waals surface area contributed by atoms with Crippen LogP contribution in [0.3, 0.4) is 0 Å². The lowest BCUT2D eigenvalue weighted by molar-refractivity contribution is 0.0209. The van der Waals surface area contributed by atoms with Gasteiger partial charge in [0, 0.05) is 29.6 Å². The molecule has 9 nitrogen and oxygen atoms in total. The van der Waals surface area contributed by atoms with Gasteiger partial charge >= 0.3 is 0 Å². The first-order valence-electron chi connectivity index (χ1n) is 11.0. The maximum atomic E-state index is 13.2. The Morgan fingerprint density at radius 2 is 1.97 bits per heavy atom. The number of rotatable bonds is 5. The van der Waals surface area contributed by atoms with E-state index in [4.69, 9.17) is 9.47 Å². The first kappa shape index (κ1) is 20.1. The van der Waals surface area contributed by atoms with E-state index in [-0.39, 0.29) is 17.6 Å². The van der Waals surface area contributed by atoms with Gasteiger partial charge in [-0.1, -0.05) is 19.3 Å². The van der Waals surface area contributed by atoms with Crippen LogP contribution in [-0.4, -0.2) is 63.5 Å². The molecule has 0 spiro atoms. The summed E-state index contributed by atoms with van der Waals surface area (Å²) in [6.07, 6.45) is 5.76. The molecule has 2 fully saturated rings. The monoisotopic (exact) mass is 424 g/mol. The summed E-state index contributed by atoms with van der Waals surface area (Å²) in [5.74, 6) is 1.49. The standard InChI is InChI=1S/C22H28N6O3/c1-30-17-7-8-19-15(13-17)14-18(22(29)23-19)20(27-9-11-31-12-10-27)21-24-25-26-28(21)16-5-3-2-4-6-16/h7-8,13-14,16,20H,2-6,9-12H2,1H3,(H,23,29)/t20-/m0/s1. The van der Waals surface area contributed by atoms with Crippen molar-refractivity contribution in [1.29, 1.82) is 0 Å². The lowest BCUT2D eigenvalue weighted by atomic mass is 9.95. The average Bonchev–Trinajstić information content (AvgIpc) is 3.30. The van der Waals surface area contributed by atoms with Gasteiger partial charge in [-0.15, -0.1) is 5.10 Å². The number of morpholine rings is 1. The minimum absolute atomic E-state index is 0.118. The Labute approximate surface area is 180 Å². The van der Waals surface area contributed by atoms with E-state index in [0.717, 1.165) is 48.4 Å². The summed E-state index contributed by atoms with van der Waals surface area (Å²) in [6, 6.07) is 7.56. The Hall–Kier alpha value is -2.78. The number of methoxy groups -OCH3 is 1. The molecule has 31 heavy (non-hydrogen) atoms. The molecule has 0 bridgehead atoms. The van der Waals surface area contributed by atoms with Gasteiger partial charge in [-0.3, -0.25) is 9.69 Å². The number of aromatic amines is 1. The molecule has 3 aromatic rings. The Bertz CT molecular complexity index is 1100. The van der Waals surface area contributed by atoms with Crippen molar-refractivity contribution in [2.45, 2.75) is 44.2 Å². The maximum Gasteiger partial charge on any atom is 0.253 e. The zero-order valence-electron chi connectivity index (χ0n) is 17.8. The summed E-state index contributed by atoms with van der Waals surface area (Å²) in [5.41, 5.74) is 1.31. The third-order valence-electron chi connectivity index (χ3n) is 6.47. The number of hydrogen-bond donors (Lipinski definition) is 1. The smallest absolute Gasteiger partial charge is 0.253 e. The van der Waals surface area contributed by atoms with Crippen LogP contribution in [0.15, 0.2) is 29.1 Å². The third kappa shape index (κ3) is 3.95. The van der Waals surface area contributed by atoms with E-state index in [1.54, 1.807) is 7.11 Å². The fourth-order valence-electron chi connectivity index (χ4n) is 4.83. The lowest BCUT2D eigenvalue weighted by Crippen LogP contribution is -2.42. The number of nitrogens with zero attached hydrogens (tertiary/aromatic N) is 5. The molecule has 1 aromatic carbocycles. The van der Waals surface area contributed by atoms with Gasteiger partial charge in [-0.25, -0.2) is 4.68 Å². The van der Waals surface area contributed by atoms with E-state index in [0.29, 0.717) is 18.8 Å². The number of pyridine rings is 1. The van der Waals surface area contributed by atoms with Gasteiger partial charge in [0.1, 0.15) is 11.8 Å². The Morgan fingerprint density at radius 1 is 1.16 bits per heavy atom. The second-order valence-corrected chi connectivity index (χ2v) is 8.33. The summed E-state index contributed by atoms with van der Waals surface area (Å²) in [4.78, 5) is 18.5. The van der Waals surface area contributed by atoms with Crippen LogP contribution in [0.5, 0.6) is 5.75 Å². The van der Waals surface area contributed by atoms with E-state index in [1.807, 2.05) is 28.9 Å². The summed E-state index contributed by atoms with van der Waals surface area (Å²) in [5, 5.41) is 13.8. The number of ether oxygens (including phenoxy) is 2. The normalized spacial score (nSPS) is 19.5. The predicted molar refractivity (Wildman–Crippen MR) is 115 cm³/mol. The first-order valence-corrected chi connectivity index (χ1v) is 11.0. The molecule has 1 aliphatic heterocycles. The second kappa shape index (κ2) is 8.76. The van der Waals surface area contributed by atoms with Crippen LogP contribution in [0.4, 0.5) is 0 Å². The predicted octanol–water partition coefficient (Wildman–Crippen LogP) is 2.45. The van der Waals surface area contributed by atoms with E-state index < -0.39 is 0 Å². The molecule has 3 heterocycles. The molecule has 2 aromatic heterocycles. The van der Waals surface area contributed by atoms with Crippen molar-refractivity contribution in [2.75, 3.05) is 33.4 Å². The summed E-state index contributed by atoms with van der Waals surface area (Å²) in [6.45, 7) is 2.69. The van der Waals surface area contributed by atoms with Crippen LogP contribution in [0, 0.1) is 0 Å². The van der Waals surface area contributed by atoms with Gasteiger partial charge in [0.05, 0.1) is 26.4 Å². The molecular formula is C22H28N6O3. The number of hydrogen-bond acceptors (Lipinski definition) is 7. The van der Waals surface area contributed by atoms with Gasteiger partial charge in [0.25, 0.3) is 5.56 Å². The van der Waals surface area contributed by atoms with Gasteiger partial charge in [-0.05, 0) is 47.5 Å². The molecule has 164 valence electrons. The number of benzene rings is 1. The zero-order valence-corrected chi connectivity index (χ0v) is 17.8. The molecule has 0 unspecified atom stereocenters. The maximum absolute atomic E-state index is 13.2. The van der Waals surface area contributed by atoms with Crippen molar-refractivity contribution in [2.24, 2.45) is 0 Å². The average molecular weight is 425 g/mol. The van der Waals surface area contributed by atoms with Crippen LogP contribution in [0.25, 0.3) is 10.9 Å². The Kier molecular flexibility index (Phi) is 5.69. The lowest BCUT2D eigenvalue weighted by Gasteiger charge is -2.34. The highest BCUT2D eigenvalue weighted by Gasteiger charge is 2.33. The molecular weight excluding hydrogens is 396 g/mol.